The molecule has 0 amide bonds. The molecule has 2 aromatic rings. The van der Waals surface area contributed by atoms with Crippen molar-refractivity contribution in [2.75, 3.05) is 0 Å². The highest BCUT2D eigenvalue weighted by Crippen LogP contribution is 2.26. The largest absolute Gasteiger partial charge is 0.413 e. The maximum absolute atomic E-state index is 12.1. The maximum atomic E-state index is 12.1. The van der Waals surface area contributed by atoms with Gasteiger partial charge in [-0.25, -0.2) is 4.98 Å². The Morgan fingerprint density at radius 1 is 1.47 bits per heavy atom. The number of hydrogen-bond acceptors (Lipinski definition) is 5. The Bertz CT molecular complexity index is 480. The van der Waals surface area contributed by atoms with Gasteiger partial charge in [-0.15, -0.1) is 21.5 Å². The van der Waals surface area contributed by atoms with Gasteiger partial charge in [-0.05, 0) is 0 Å². The SMILES string of the molecule is C=Cc1cnc(-c2nnc(C(F)F)o2)s1. The molecule has 2 heterocycles. The van der Waals surface area contributed by atoms with E-state index in [4.69, 9.17) is 4.42 Å². The first kappa shape index (κ1) is 9.91. The molecule has 0 unspecified atom stereocenters. The molecule has 15 heavy (non-hydrogen) atoms. The quantitative estimate of drug-likeness (QED) is 0.812. The molecule has 0 saturated carbocycles. The fourth-order valence-corrected chi connectivity index (χ4v) is 1.58. The van der Waals surface area contributed by atoms with Crippen LogP contribution in [0.2, 0.25) is 0 Å². The van der Waals surface area contributed by atoms with Gasteiger partial charge >= 0.3 is 6.43 Å². The highest BCUT2D eigenvalue weighted by molar-refractivity contribution is 7.15. The summed E-state index contributed by atoms with van der Waals surface area (Å²) >= 11 is 1.24. The van der Waals surface area contributed by atoms with Crippen molar-refractivity contribution >= 4 is 17.4 Å². The first-order valence-corrected chi connectivity index (χ1v) is 4.72. The minimum Gasteiger partial charge on any atom is -0.413 e. The summed E-state index contributed by atoms with van der Waals surface area (Å²) in [6.07, 6.45) is 0.398. The molecular formula is C8H5F2N3OS. The van der Waals surface area contributed by atoms with Gasteiger partial charge in [-0.1, -0.05) is 12.7 Å². The number of alkyl halides is 2. The first-order valence-electron chi connectivity index (χ1n) is 3.91. The van der Waals surface area contributed by atoms with Crippen molar-refractivity contribution in [3.05, 3.63) is 23.5 Å². The fraction of sp³-hybridized carbons (Fsp3) is 0.125. The molecule has 2 aromatic heterocycles. The lowest BCUT2D eigenvalue weighted by molar-refractivity contribution is 0.116. The molecule has 0 radical (unpaired) electrons. The van der Waals surface area contributed by atoms with Gasteiger partial charge in [0.15, 0.2) is 5.01 Å². The van der Waals surface area contributed by atoms with Gasteiger partial charge in [0.2, 0.25) is 0 Å². The molecule has 0 atom stereocenters. The average molecular weight is 229 g/mol. The van der Waals surface area contributed by atoms with Crippen LogP contribution in [0.15, 0.2) is 17.2 Å². The zero-order valence-electron chi connectivity index (χ0n) is 7.35. The van der Waals surface area contributed by atoms with Crippen LogP contribution >= 0.6 is 11.3 Å². The van der Waals surface area contributed by atoms with E-state index in [1.807, 2.05) is 0 Å². The molecule has 78 valence electrons. The second-order valence-corrected chi connectivity index (χ2v) is 3.58. The number of halogens is 2. The van der Waals surface area contributed by atoms with Crippen molar-refractivity contribution in [2.45, 2.75) is 6.43 Å². The van der Waals surface area contributed by atoms with Gasteiger partial charge < -0.3 is 4.42 Å². The van der Waals surface area contributed by atoms with Crippen LogP contribution in [-0.2, 0) is 0 Å². The van der Waals surface area contributed by atoms with Gasteiger partial charge in [0, 0.05) is 11.1 Å². The molecule has 0 N–H and O–H groups in total. The summed E-state index contributed by atoms with van der Waals surface area (Å²) < 4.78 is 29.0. The van der Waals surface area contributed by atoms with E-state index in [0.29, 0.717) is 5.01 Å². The van der Waals surface area contributed by atoms with Crippen molar-refractivity contribution < 1.29 is 13.2 Å². The Labute approximate surface area is 87.3 Å². The van der Waals surface area contributed by atoms with Crippen LogP contribution in [0, 0.1) is 0 Å². The zero-order chi connectivity index (χ0) is 10.8. The number of nitrogens with zero attached hydrogens (tertiary/aromatic N) is 3. The Morgan fingerprint density at radius 3 is 2.80 bits per heavy atom. The smallest absolute Gasteiger partial charge is 0.314 e. The van der Waals surface area contributed by atoms with Crippen molar-refractivity contribution in [3.8, 4) is 10.9 Å². The van der Waals surface area contributed by atoms with Gasteiger partial charge in [0.25, 0.3) is 11.8 Å². The summed E-state index contributed by atoms with van der Waals surface area (Å²) in [4.78, 5) is 4.74. The van der Waals surface area contributed by atoms with Gasteiger partial charge in [-0.3, -0.25) is 0 Å². The van der Waals surface area contributed by atoms with E-state index in [0.717, 1.165) is 4.88 Å². The molecule has 0 aliphatic carbocycles. The van der Waals surface area contributed by atoms with E-state index in [1.54, 1.807) is 12.3 Å². The van der Waals surface area contributed by atoms with Crippen LogP contribution in [0.4, 0.5) is 8.78 Å². The third-order valence-electron chi connectivity index (χ3n) is 1.54. The van der Waals surface area contributed by atoms with Crippen LogP contribution < -0.4 is 0 Å². The van der Waals surface area contributed by atoms with Crippen LogP contribution in [0.5, 0.6) is 0 Å². The fourth-order valence-electron chi connectivity index (χ4n) is 0.889. The van der Waals surface area contributed by atoms with Crippen LogP contribution in [0.3, 0.4) is 0 Å². The lowest BCUT2D eigenvalue weighted by Gasteiger charge is -1.87. The number of aromatic nitrogens is 3. The predicted molar refractivity (Wildman–Crippen MR) is 50.5 cm³/mol. The monoisotopic (exact) mass is 229 g/mol. The summed E-state index contributed by atoms with van der Waals surface area (Å²) in [5.41, 5.74) is 0. The molecular weight excluding hydrogens is 224 g/mol. The molecule has 0 aliphatic rings. The van der Waals surface area contributed by atoms with Crippen LogP contribution in [-0.4, -0.2) is 15.2 Å². The topological polar surface area (TPSA) is 51.8 Å². The predicted octanol–water partition coefficient (Wildman–Crippen LogP) is 2.77. The normalized spacial score (nSPS) is 10.9. The van der Waals surface area contributed by atoms with E-state index in [2.05, 4.69) is 21.8 Å². The highest BCUT2D eigenvalue weighted by Gasteiger charge is 2.18. The van der Waals surface area contributed by atoms with E-state index < -0.39 is 12.3 Å². The molecule has 0 fully saturated rings. The number of rotatable bonds is 3. The van der Waals surface area contributed by atoms with E-state index >= 15 is 0 Å². The van der Waals surface area contributed by atoms with Gasteiger partial charge in [-0.2, -0.15) is 8.78 Å². The Hall–Kier alpha value is -1.63. The summed E-state index contributed by atoms with van der Waals surface area (Å²) in [6.45, 7) is 3.56. The van der Waals surface area contributed by atoms with Crippen molar-refractivity contribution in [3.63, 3.8) is 0 Å². The lowest BCUT2D eigenvalue weighted by atomic mass is 10.5. The van der Waals surface area contributed by atoms with Crippen molar-refractivity contribution in [2.24, 2.45) is 0 Å². The van der Waals surface area contributed by atoms with Gasteiger partial charge in [0.05, 0.1) is 0 Å². The minimum atomic E-state index is -2.76. The Balaban J connectivity index is 2.32. The van der Waals surface area contributed by atoms with Crippen LogP contribution in [0.25, 0.3) is 17.0 Å². The van der Waals surface area contributed by atoms with Crippen molar-refractivity contribution in [1.82, 2.24) is 15.2 Å². The molecule has 0 aromatic carbocycles. The second-order valence-electron chi connectivity index (χ2n) is 2.52. The summed E-state index contributed by atoms with van der Waals surface area (Å²) in [5, 5.41) is 7.08. The van der Waals surface area contributed by atoms with E-state index in [-0.39, 0.29) is 5.89 Å². The Kier molecular flexibility index (Phi) is 2.55. The molecule has 0 saturated heterocycles. The summed E-state index contributed by atoms with van der Waals surface area (Å²) in [7, 11) is 0. The second kappa shape index (κ2) is 3.85. The molecule has 7 heteroatoms. The third kappa shape index (κ3) is 1.91. The number of hydrogen-bond donors (Lipinski definition) is 0. The zero-order valence-corrected chi connectivity index (χ0v) is 8.17. The molecule has 0 aliphatic heterocycles. The lowest BCUT2D eigenvalue weighted by Crippen LogP contribution is -1.81. The molecule has 2 rings (SSSR count). The highest BCUT2D eigenvalue weighted by atomic mass is 32.1. The minimum absolute atomic E-state index is 0.00315. The van der Waals surface area contributed by atoms with E-state index in [9.17, 15) is 8.78 Å². The van der Waals surface area contributed by atoms with Gasteiger partial charge in [0.1, 0.15) is 0 Å². The molecule has 0 bridgehead atoms. The van der Waals surface area contributed by atoms with Crippen molar-refractivity contribution in [1.29, 1.82) is 0 Å². The standard InChI is InChI=1S/C8H5F2N3OS/c1-2-4-3-11-8(15-4)7-13-12-6(14-7)5(9)10/h2-3,5H,1H2. The molecule has 4 nitrogen and oxygen atoms in total. The summed E-state index contributed by atoms with van der Waals surface area (Å²) in [6, 6.07) is 0. The Morgan fingerprint density at radius 2 is 2.27 bits per heavy atom. The van der Waals surface area contributed by atoms with E-state index in [1.165, 1.54) is 11.3 Å². The third-order valence-corrected chi connectivity index (χ3v) is 2.52. The maximum Gasteiger partial charge on any atom is 0.314 e. The average Bonchev–Trinajstić information content (AvgIpc) is 2.86. The molecule has 0 spiro atoms. The summed E-state index contributed by atoms with van der Waals surface area (Å²) in [5.74, 6) is -0.691. The number of thiazole rings is 1. The first-order chi connectivity index (χ1) is 7.20. The van der Waals surface area contributed by atoms with Crippen LogP contribution in [0.1, 0.15) is 17.2 Å².